The van der Waals surface area contributed by atoms with Gasteiger partial charge in [0.05, 0.1) is 5.02 Å². The van der Waals surface area contributed by atoms with Crippen LogP contribution in [0.5, 0.6) is 5.75 Å². The zero-order chi connectivity index (χ0) is 26.7. The minimum atomic E-state index is -0.745. The smallest absolute Gasteiger partial charge is 0.261 e. The van der Waals surface area contributed by atoms with Crippen molar-refractivity contribution >= 4 is 23.4 Å². The highest BCUT2D eigenvalue weighted by atomic mass is 35.5. The van der Waals surface area contributed by atoms with E-state index in [4.69, 9.17) is 16.3 Å². The molecule has 2 amide bonds. The lowest BCUT2D eigenvalue weighted by molar-refractivity contribution is -0.142. The van der Waals surface area contributed by atoms with Gasteiger partial charge in [0.25, 0.3) is 5.91 Å². The second-order valence-electron chi connectivity index (χ2n) is 9.14. The number of ether oxygens (including phenoxy) is 1. The third-order valence-corrected chi connectivity index (χ3v) is 6.55. The Balaban J connectivity index is 1.59. The Morgan fingerprint density at radius 1 is 0.789 bits per heavy atom. The van der Waals surface area contributed by atoms with Crippen molar-refractivity contribution in [3.8, 4) is 5.75 Å². The van der Waals surface area contributed by atoms with Gasteiger partial charge in [0, 0.05) is 19.5 Å². The molecule has 1 atom stereocenters. The molecule has 6 heteroatoms. The summed E-state index contributed by atoms with van der Waals surface area (Å²) in [5, 5.41) is 3.47. The summed E-state index contributed by atoms with van der Waals surface area (Å²) in [5.41, 5.74) is 4.02. The maximum absolute atomic E-state index is 13.7. The van der Waals surface area contributed by atoms with Gasteiger partial charge in [-0.1, -0.05) is 114 Å². The predicted molar refractivity (Wildman–Crippen MR) is 151 cm³/mol. The van der Waals surface area contributed by atoms with Crippen molar-refractivity contribution < 1.29 is 14.3 Å². The molecule has 0 aliphatic rings. The monoisotopic (exact) mass is 526 g/mol. The fourth-order valence-electron chi connectivity index (χ4n) is 4.13. The van der Waals surface area contributed by atoms with Crippen LogP contribution in [-0.4, -0.2) is 29.4 Å². The predicted octanol–water partition coefficient (Wildman–Crippen LogP) is 5.98. The highest BCUT2D eigenvalue weighted by molar-refractivity contribution is 6.32. The number of rotatable bonds is 11. The maximum Gasteiger partial charge on any atom is 0.261 e. The summed E-state index contributed by atoms with van der Waals surface area (Å²) in [5.74, 6) is -0.109. The minimum absolute atomic E-state index is 0.226. The molecule has 0 aromatic heterocycles. The number of hydrogen-bond acceptors (Lipinski definition) is 3. The maximum atomic E-state index is 13.7. The standard InChI is InChI=1S/C32H31ClN2O3/c1-24-16-18-26(19-17-24)21-34-32(37)29(20-25-10-4-2-5-11-25)35(22-27-12-6-3-7-13-27)31(36)23-38-30-15-9-8-14-28(30)33/h2-19,29H,20-23H2,1H3,(H,34,37)/t29-/m0/s1. The number of carbonyl (C=O) groups excluding carboxylic acids is 2. The molecule has 4 aromatic carbocycles. The van der Waals surface area contributed by atoms with E-state index in [9.17, 15) is 9.59 Å². The van der Waals surface area contributed by atoms with Crippen LogP contribution in [0.3, 0.4) is 0 Å². The number of carbonyl (C=O) groups is 2. The first-order valence-corrected chi connectivity index (χ1v) is 13.0. The Hall–Kier alpha value is -4.09. The second kappa shape index (κ2) is 13.5. The van der Waals surface area contributed by atoms with Gasteiger partial charge in [-0.15, -0.1) is 0 Å². The topological polar surface area (TPSA) is 58.6 Å². The van der Waals surface area contributed by atoms with Crippen molar-refractivity contribution in [3.05, 3.63) is 136 Å². The first-order valence-electron chi connectivity index (χ1n) is 12.6. The van der Waals surface area contributed by atoms with Crippen LogP contribution >= 0.6 is 11.6 Å². The first kappa shape index (κ1) is 27.0. The molecule has 194 valence electrons. The van der Waals surface area contributed by atoms with E-state index in [1.165, 1.54) is 0 Å². The average Bonchev–Trinajstić information content (AvgIpc) is 2.95. The Morgan fingerprint density at radius 2 is 1.39 bits per heavy atom. The van der Waals surface area contributed by atoms with Crippen molar-refractivity contribution in [3.63, 3.8) is 0 Å². The van der Waals surface area contributed by atoms with Crippen LogP contribution in [-0.2, 0) is 29.1 Å². The summed E-state index contributed by atoms with van der Waals surface area (Å²) in [6, 6.07) is 33.7. The lowest BCUT2D eigenvalue weighted by Gasteiger charge is -2.31. The summed E-state index contributed by atoms with van der Waals surface area (Å²) in [4.78, 5) is 28.9. The van der Waals surface area contributed by atoms with Crippen LogP contribution in [0.25, 0.3) is 0 Å². The van der Waals surface area contributed by atoms with Crippen LogP contribution in [0.15, 0.2) is 109 Å². The summed E-state index contributed by atoms with van der Waals surface area (Å²) >= 11 is 6.23. The zero-order valence-corrected chi connectivity index (χ0v) is 22.1. The molecule has 0 saturated carbocycles. The number of para-hydroxylation sites is 1. The number of nitrogens with zero attached hydrogens (tertiary/aromatic N) is 1. The van der Waals surface area contributed by atoms with Crippen LogP contribution in [0.4, 0.5) is 0 Å². The van der Waals surface area contributed by atoms with Gasteiger partial charge in [0.2, 0.25) is 5.91 Å². The molecule has 5 nitrogen and oxygen atoms in total. The number of benzene rings is 4. The van der Waals surface area contributed by atoms with Gasteiger partial charge in [-0.25, -0.2) is 0 Å². The molecule has 0 spiro atoms. The average molecular weight is 527 g/mol. The van der Waals surface area contributed by atoms with Gasteiger partial charge in [0.15, 0.2) is 6.61 Å². The van der Waals surface area contributed by atoms with E-state index in [2.05, 4.69) is 5.32 Å². The molecule has 4 aromatic rings. The normalized spacial score (nSPS) is 11.4. The largest absolute Gasteiger partial charge is 0.482 e. The fourth-order valence-corrected chi connectivity index (χ4v) is 4.32. The van der Waals surface area contributed by atoms with E-state index >= 15 is 0 Å². The second-order valence-corrected chi connectivity index (χ2v) is 9.54. The Morgan fingerprint density at radius 3 is 2.05 bits per heavy atom. The quantitative estimate of drug-likeness (QED) is 0.261. The summed E-state index contributed by atoms with van der Waals surface area (Å²) in [7, 11) is 0. The summed E-state index contributed by atoms with van der Waals surface area (Å²) < 4.78 is 5.78. The highest BCUT2D eigenvalue weighted by Gasteiger charge is 2.30. The molecule has 0 fully saturated rings. The van der Waals surface area contributed by atoms with E-state index in [1.807, 2.05) is 91.9 Å². The molecular weight excluding hydrogens is 496 g/mol. The van der Waals surface area contributed by atoms with E-state index in [0.717, 1.165) is 22.3 Å². The van der Waals surface area contributed by atoms with Crippen LogP contribution in [0.2, 0.25) is 5.02 Å². The molecule has 38 heavy (non-hydrogen) atoms. The van der Waals surface area contributed by atoms with E-state index in [-0.39, 0.29) is 25.0 Å². The molecule has 0 unspecified atom stereocenters. The number of hydrogen-bond donors (Lipinski definition) is 1. The minimum Gasteiger partial charge on any atom is -0.482 e. The van der Waals surface area contributed by atoms with Crippen molar-refractivity contribution in [2.24, 2.45) is 0 Å². The van der Waals surface area contributed by atoms with E-state index in [1.54, 1.807) is 29.2 Å². The number of amides is 2. The Labute approximate surface area is 229 Å². The van der Waals surface area contributed by atoms with Crippen LogP contribution in [0, 0.1) is 6.92 Å². The molecular formula is C32H31ClN2O3. The molecule has 0 aliphatic carbocycles. The van der Waals surface area contributed by atoms with Gasteiger partial charge < -0.3 is 15.0 Å². The third-order valence-electron chi connectivity index (χ3n) is 6.24. The van der Waals surface area contributed by atoms with Crippen molar-refractivity contribution in [2.75, 3.05) is 6.61 Å². The van der Waals surface area contributed by atoms with Gasteiger partial charge in [0.1, 0.15) is 11.8 Å². The van der Waals surface area contributed by atoms with Crippen molar-refractivity contribution in [1.29, 1.82) is 0 Å². The highest BCUT2D eigenvalue weighted by Crippen LogP contribution is 2.23. The number of aryl methyl sites for hydroxylation is 1. The molecule has 0 saturated heterocycles. The molecule has 4 rings (SSSR count). The molecule has 0 radical (unpaired) electrons. The number of halogens is 1. The Bertz CT molecular complexity index is 1330. The van der Waals surface area contributed by atoms with Crippen LogP contribution in [0.1, 0.15) is 22.3 Å². The van der Waals surface area contributed by atoms with Crippen molar-refractivity contribution in [1.82, 2.24) is 10.2 Å². The lowest BCUT2D eigenvalue weighted by Crippen LogP contribution is -2.51. The molecule has 1 N–H and O–H groups in total. The van der Waals surface area contributed by atoms with Gasteiger partial charge in [-0.05, 0) is 35.7 Å². The first-order chi connectivity index (χ1) is 18.5. The number of nitrogens with one attached hydrogen (secondary N) is 1. The SMILES string of the molecule is Cc1ccc(CNC(=O)[C@H](Cc2ccccc2)N(Cc2ccccc2)C(=O)COc2ccccc2Cl)cc1. The fraction of sp³-hybridized carbons (Fsp3) is 0.188. The van der Waals surface area contributed by atoms with Crippen molar-refractivity contribution in [2.45, 2.75) is 32.5 Å². The van der Waals surface area contributed by atoms with E-state index < -0.39 is 6.04 Å². The Kier molecular flexibility index (Phi) is 9.54. The third kappa shape index (κ3) is 7.70. The summed E-state index contributed by atoms with van der Waals surface area (Å²) in [6.45, 7) is 2.41. The lowest BCUT2D eigenvalue weighted by atomic mass is 10.0. The van der Waals surface area contributed by atoms with Gasteiger partial charge in [-0.3, -0.25) is 9.59 Å². The van der Waals surface area contributed by atoms with Gasteiger partial charge >= 0.3 is 0 Å². The van der Waals surface area contributed by atoms with Crippen LogP contribution < -0.4 is 10.1 Å². The van der Waals surface area contributed by atoms with Gasteiger partial charge in [-0.2, -0.15) is 0 Å². The zero-order valence-electron chi connectivity index (χ0n) is 21.3. The van der Waals surface area contributed by atoms with E-state index in [0.29, 0.717) is 23.7 Å². The summed E-state index contributed by atoms with van der Waals surface area (Å²) in [6.07, 6.45) is 0.366. The molecule has 0 aliphatic heterocycles. The molecule has 0 heterocycles. The molecule has 0 bridgehead atoms.